The molecule has 6 heteroatoms. The first-order valence-electron chi connectivity index (χ1n) is 8.31. The van der Waals surface area contributed by atoms with E-state index in [1.54, 1.807) is 17.7 Å². The molecule has 0 saturated heterocycles. The molecule has 0 aliphatic rings. The van der Waals surface area contributed by atoms with Gasteiger partial charge in [0.15, 0.2) is 5.82 Å². The molecule has 1 aromatic carbocycles. The van der Waals surface area contributed by atoms with Crippen molar-refractivity contribution in [1.29, 1.82) is 0 Å². The third kappa shape index (κ3) is 2.93. The minimum atomic E-state index is 0.470. The first kappa shape index (κ1) is 15.9. The van der Waals surface area contributed by atoms with Crippen molar-refractivity contribution in [3.8, 4) is 0 Å². The van der Waals surface area contributed by atoms with Crippen LogP contribution in [0.5, 0.6) is 0 Å². The Balaban J connectivity index is 1.66. The minimum Gasteiger partial charge on any atom is -0.358 e. The average Bonchev–Trinajstić information content (AvgIpc) is 3.17. The summed E-state index contributed by atoms with van der Waals surface area (Å²) in [4.78, 5) is 14.3. The highest BCUT2D eigenvalue weighted by Crippen LogP contribution is 2.33. The van der Waals surface area contributed by atoms with Crippen molar-refractivity contribution in [3.05, 3.63) is 52.8 Å². The number of nitrogens with zero attached hydrogens (tertiary/aromatic N) is 4. The Morgan fingerprint density at radius 2 is 2.00 bits per heavy atom. The highest BCUT2D eigenvalue weighted by atomic mass is 32.1. The second-order valence-corrected chi connectivity index (χ2v) is 7.46. The normalized spacial score (nSPS) is 12.2. The quantitative estimate of drug-likeness (QED) is 0.467. The van der Waals surface area contributed by atoms with Gasteiger partial charge in [-0.3, -0.25) is 0 Å². The predicted molar refractivity (Wildman–Crippen MR) is 103 cm³/mol. The number of para-hydroxylation sites is 1. The number of benzene rings is 1. The molecule has 0 aliphatic carbocycles. The van der Waals surface area contributed by atoms with E-state index in [1.165, 1.54) is 15.8 Å². The lowest BCUT2D eigenvalue weighted by molar-refractivity contribution is 0.890. The van der Waals surface area contributed by atoms with Gasteiger partial charge in [0.1, 0.15) is 11.2 Å². The first-order valence-corrected chi connectivity index (χ1v) is 9.13. The van der Waals surface area contributed by atoms with Gasteiger partial charge in [-0.1, -0.05) is 32.0 Å². The Bertz CT molecular complexity index is 1070. The van der Waals surface area contributed by atoms with Crippen LogP contribution in [0, 0.1) is 6.92 Å². The molecule has 0 unspecified atom stereocenters. The molecule has 0 saturated carbocycles. The van der Waals surface area contributed by atoms with Crippen LogP contribution < -0.4 is 0 Å². The van der Waals surface area contributed by atoms with E-state index in [1.807, 2.05) is 12.1 Å². The van der Waals surface area contributed by atoms with Crippen molar-refractivity contribution in [3.63, 3.8) is 0 Å². The van der Waals surface area contributed by atoms with Crippen LogP contribution in [-0.2, 0) is 6.54 Å². The largest absolute Gasteiger partial charge is 0.358 e. The molecule has 0 aliphatic heterocycles. The number of hydrogen-bond donors (Lipinski definition) is 1. The summed E-state index contributed by atoms with van der Waals surface area (Å²) in [6, 6.07) is 10.4. The number of thiophene rings is 1. The van der Waals surface area contributed by atoms with Crippen LogP contribution in [0.4, 0.5) is 5.82 Å². The molecular formula is C19H19N5S. The zero-order valence-corrected chi connectivity index (χ0v) is 15.3. The molecule has 3 heterocycles. The summed E-state index contributed by atoms with van der Waals surface area (Å²) >= 11 is 1.70. The number of fused-ring (bicyclic) bond motifs is 2. The van der Waals surface area contributed by atoms with Gasteiger partial charge < -0.3 is 4.98 Å². The van der Waals surface area contributed by atoms with Crippen LogP contribution in [0.1, 0.15) is 35.9 Å². The van der Waals surface area contributed by atoms with E-state index < -0.39 is 0 Å². The molecule has 0 fully saturated rings. The second-order valence-electron chi connectivity index (χ2n) is 6.39. The lowest BCUT2D eigenvalue weighted by atomic mass is 10.1. The predicted octanol–water partition coefficient (Wildman–Crippen LogP) is 5.89. The molecule has 126 valence electrons. The third-order valence-electron chi connectivity index (χ3n) is 4.32. The number of H-pyrrole nitrogens is 1. The fraction of sp³-hybridized carbons (Fsp3) is 0.263. The van der Waals surface area contributed by atoms with Crippen molar-refractivity contribution in [2.75, 3.05) is 0 Å². The SMILES string of the molecule is Cc1[nH]c2ccccc2c1CN=Nc1ncnc2sc(C(C)C)cc12. The summed E-state index contributed by atoms with van der Waals surface area (Å²) in [6.45, 7) is 6.96. The van der Waals surface area contributed by atoms with Crippen LogP contribution in [0.25, 0.3) is 21.1 Å². The molecule has 4 aromatic rings. The van der Waals surface area contributed by atoms with Crippen LogP contribution in [-0.4, -0.2) is 15.0 Å². The maximum atomic E-state index is 4.42. The smallest absolute Gasteiger partial charge is 0.185 e. The van der Waals surface area contributed by atoms with Gasteiger partial charge in [-0.15, -0.1) is 16.5 Å². The summed E-state index contributed by atoms with van der Waals surface area (Å²) in [5.74, 6) is 1.11. The fourth-order valence-corrected chi connectivity index (χ4v) is 3.93. The summed E-state index contributed by atoms with van der Waals surface area (Å²) in [5.41, 5.74) is 3.44. The van der Waals surface area contributed by atoms with Crippen LogP contribution in [0.2, 0.25) is 0 Å². The van der Waals surface area contributed by atoms with Crippen molar-refractivity contribution < 1.29 is 0 Å². The molecular weight excluding hydrogens is 330 g/mol. The molecule has 5 nitrogen and oxygen atoms in total. The van der Waals surface area contributed by atoms with Crippen LogP contribution >= 0.6 is 11.3 Å². The average molecular weight is 349 g/mol. The molecule has 0 atom stereocenters. The van der Waals surface area contributed by atoms with Gasteiger partial charge in [-0.05, 0) is 25.0 Å². The second kappa shape index (κ2) is 6.37. The molecule has 0 amide bonds. The van der Waals surface area contributed by atoms with Crippen LogP contribution in [0.3, 0.4) is 0 Å². The van der Waals surface area contributed by atoms with E-state index in [4.69, 9.17) is 0 Å². The number of hydrogen-bond acceptors (Lipinski definition) is 5. The van der Waals surface area contributed by atoms with Crippen molar-refractivity contribution >= 4 is 38.3 Å². The van der Waals surface area contributed by atoms with E-state index in [9.17, 15) is 0 Å². The van der Waals surface area contributed by atoms with Crippen LogP contribution in [0.15, 0.2) is 46.9 Å². The van der Waals surface area contributed by atoms with Gasteiger partial charge in [0.05, 0.1) is 11.9 Å². The summed E-state index contributed by atoms with van der Waals surface area (Å²) < 4.78 is 0. The number of nitrogens with one attached hydrogen (secondary N) is 1. The first-order chi connectivity index (χ1) is 12.1. The number of aromatic nitrogens is 3. The fourth-order valence-electron chi connectivity index (χ4n) is 2.94. The molecule has 4 rings (SSSR count). The lowest BCUT2D eigenvalue weighted by Gasteiger charge is -1.97. The topological polar surface area (TPSA) is 66.3 Å². The van der Waals surface area contributed by atoms with E-state index >= 15 is 0 Å². The molecule has 3 aromatic heterocycles. The maximum absolute atomic E-state index is 4.42. The lowest BCUT2D eigenvalue weighted by Crippen LogP contribution is -1.83. The van der Waals surface area contributed by atoms with Gasteiger partial charge in [0.25, 0.3) is 0 Å². The minimum absolute atomic E-state index is 0.470. The van der Waals surface area contributed by atoms with Gasteiger partial charge >= 0.3 is 0 Å². The highest BCUT2D eigenvalue weighted by molar-refractivity contribution is 7.18. The van der Waals surface area contributed by atoms with Gasteiger partial charge in [-0.25, -0.2) is 9.97 Å². The molecule has 0 spiro atoms. The molecule has 1 N–H and O–H groups in total. The van der Waals surface area contributed by atoms with Crippen molar-refractivity contribution in [2.24, 2.45) is 10.2 Å². The van der Waals surface area contributed by atoms with Gasteiger partial charge in [0, 0.05) is 27.0 Å². The van der Waals surface area contributed by atoms with E-state index in [0.29, 0.717) is 18.3 Å². The number of azo groups is 1. The van der Waals surface area contributed by atoms with E-state index in [0.717, 1.165) is 21.4 Å². The van der Waals surface area contributed by atoms with Gasteiger partial charge in [0.2, 0.25) is 0 Å². The van der Waals surface area contributed by atoms with Crippen molar-refractivity contribution in [1.82, 2.24) is 15.0 Å². The number of rotatable bonds is 4. The maximum Gasteiger partial charge on any atom is 0.185 e. The zero-order chi connectivity index (χ0) is 17.4. The Hall–Kier alpha value is -2.60. The molecule has 0 bridgehead atoms. The summed E-state index contributed by atoms with van der Waals surface area (Å²) in [7, 11) is 0. The Morgan fingerprint density at radius 3 is 2.84 bits per heavy atom. The standard InChI is InChI=1S/C19H19N5S/c1-11(2)17-8-14-18(20-10-21-19(14)25-17)24-22-9-15-12(3)23-16-7-5-4-6-13(15)16/h4-8,10-11,23H,9H2,1-3H3. The zero-order valence-electron chi connectivity index (χ0n) is 14.4. The van der Waals surface area contributed by atoms with Gasteiger partial charge in [-0.2, -0.15) is 5.11 Å². The molecule has 25 heavy (non-hydrogen) atoms. The highest BCUT2D eigenvalue weighted by Gasteiger charge is 2.11. The summed E-state index contributed by atoms with van der Waals surface area (Å²) in [6.07, 6.45) is 1.56. The monoisotopic (exact) mass is 349 g/mol. The number of aryl methyl sites for hydroxylation is 1. The molecule has 0 radical (unpaired) electrons. The third-order valence-corrected chi connectivity index (χ3v) is 5.66. The van der Waals surface area contributed by atoms with Crippen molar-refractivity contribution in [2.45, 2.75) is 33.2 Å². The Kier molecular flexibility index (Phi) is 4.05. The number of aromatic amines is 1. The summed E-state index contributed by atoms with van der Waals surface area (Å²) in [5, 5.41) is 11.0. The van der Waals surface area contributed by atoms with E-state index in [-0.39, 0.29) is 0 Å². The Labute approximate surface area is 149 Å². The Morgan fingerprint density at radius 1 is 1.16 bits per heavy atom. The van der Waals surface area contributed by atoms with E-state index in [2.05, 4.69) is 64.2 Å².